The summed E-state index contributed by atoms with van der Waals surface area (Å²) >= 11 is 0. The standard InChI is InChI=1S/C23H23N/c1-18-6-4-5-7-21(13-8-18)24(22-14-9-19(2)10-15-22)23-16-11-20(3)12-17-23/h7-18H,5H2,1-3H3/b13-8-,21-7+. The Morgan fingerprint density at radius 1 is 0.875 bits per heavy atom. The second kappa shape index (κ2) is 7.23. The van der Waals surface area contributed by atoms with Crippen LogP contribution in [-0.4, -0.2) is 0 Å². The first-order chi connectivity index (χ1) is 11.6. The highest BCUT2D eigenvalue weighted by Crippen LogP contribution is 2.31. The van der Waals surface area contributed by atoms with Gasteiger partial charge in [0.15, 0.2) is 0 Å². The molecule has 1 aliphatic carbocycles. The first kappa shape index (κ1) is 16.1. The topological polar surface area (TPSA) is 3.24 Å². The van der Waals surface area contributed by atoms with Crippen molar-refractivity contribution in [2.24, 2.45) is 5.92 Å². The van der Waals surface area contributed by atoms with Gasteiger partial charge in [-0.05, 0) is 57.2 Å². The van der Waals surface area contributed by atoms with Gasteiger partial charge in [0.1, 0.15) is 0 Å². The van der Waals surface area contributed by atoms with Crippen molar-refractivity contribution < 1.29 is 0 Å². The van der Waals surface area contributed by atoms with E-state index in [2.05, 4.69) is 104 Å². The van der Waals surface area contributed by atoms with Gasteiger partial charge in [0.25, 0.3) is 0 Å². The molecule has 2 aromatic rings. The zero-order valence-electron chi connectivity index (χ0n) is 14.6. The number of rotatable bonds is 3. The van der Waals surface area contributed by atoms with E-state index in [1.807, 2.05) is 0 Å². The molecule has 0 amide bonds. The number of anilines is 2. The normalized spacial score (nSPS) is 20.0. The summed E-state index contributed by atoms with van der Waals surface area (Å²) < 4.78 is 0. The maximum atomic E-state index is 3.24. The highest BCUT2D eigenvalue weighted by molar-refractivity contribution is 5.70. The van der Waals surface area contributed by atoms with Crippen LogP contribution in [0.5, 0.6) is 0 Å². The summed E-state index contributed by atoms with van der Waals surface area (Å²) in [6.07, 6.45) is 7.35. The van der Waals surface area contributed by atoms with Gasteiger partial charge in [-0.2, -0.15) is 0 Å². The van der Waals surface area contributed by atoms with Crippen LogP contribution in [-0.2, 0) is 0 Å². The molecule has 1 unspecified atom stereocenters. The predicted octanol–water partition coefficient (Wildman–Crippen LogP) is 5.92. The molecule has 0 radical (unpaired) electrons. The highest BCUT2D eigenvalue weighted by atomic mass is 15.1. The number of aryl methyl sites for hydroxylation is 2. The number of hydrogen-bond acceptors (Lipinski definition) is 1. The molecule has 0 heterocycles. The van der Waals surface area contributed by atoms with Crippen LogP contribution in [0.1, 0.15) is 24.5 Å². The van der Waals surface area contributed by atoms with Gasteiger partial charge in [-0.3, -0.25) is 0 Å². The van der Waals surface area contributed by atoms with Gasteiger partial charge in [0, 0.05) is 29.4 Å². The average molecular weight is 313 g/mol. The number of benzene rings is 2. The smallest absolute Gasteiger partial charge is 0.0461 e. The highest BCUT2D eigenvalue weighted by Gasteiger charge is 2.13. The van der Waals surface area contributed by atoms with Crippen molar-refractivity contribution in [3.8, 4) is 11.8 Å². The van der Waals surface area contributed by atoms with Crippen molar-refractivity contribution in [2.45, 2.75) is 27.2 Å². The summed E-state index contributed by atoms with van der Waals surface area (Å²) in [5.41, 5.74) is 6.04. The maximum Gasteiger partial charge on any atom is 0.0461 e. The van der Waals surface area contributed by atoms with E-state index >= 15 is 0 Å². The number of nitrogens with zero attached hydrogens (tertiary/aromatic N) is 1. The van der Waals surface area contributed by atoms with Crippen LogP contribution in [0, 0.1) is 31.6 Å². The molecule has 0 aromatic heterocycles. The second-order valence-corrected chi connectivity index (χ2v) is 6.31. The van der Waals surface area contributed by atoms with Crippen molar-refractivity contribution in [2.75, 3.05) is 4.90 Å². The fraction of sp³-hybridized carbons (Fsp3) is 0.217. The average Bonchev–Trinajstić information content (AvgIpc) is 2.57. The summed E-state index contributed by atoms with van der Waals surface area (Å²) in [6, 6.07) is 17.3. The molecule has 0 spiro atoms. The Bertz CT molecular complexity index is 766. The van der Waals surface area contributed by atoms with Crippen LogP contribution in [0.2, 0.25) is 0 Å². The predicted molar refractivity (Wildman–Crippen MR) is 103 cm³/mol. The maximum absolute atomic E-state index is 3.24. The van der Waals surface area contributed by atoms with Gasteiger partial charge in [0.05, 0.1) is 0 Å². The third-order valence-electron chi connectivity index (χ3n) is 4.14. The van der Waals surface area contributed by atoms with E-state index in [0.29, 0.717) is 0 Å². The van der Waals surface area contributed by atoms with Crippen LogP contribution >= 0.6 is 0 Å². The quantitative estimate of drug-likeness (QED) is 0.635. The fourth-order valence-electron chi connectivity index (χ4n) is 2.74. The Kier molecular flexibility index (Phi) is 4.87. The lowest BCUT2D eigenvalue weighted by atomic mass is 10.1. The van der Waals surface area contributed by atoms with Gasteiger partial charge < -0.3 is 4.90 Å². The SMILES string of the molecule is Cc1ccc(N(C2=C/CC#CC(C)/C=C\2)c2ccc(C)cc2)cc1. The molecule has 24 heavy (non-hydrogen) atoms. The Morgan fingerprint density at radius 3 is 1.96 bits per heavy atom. The van der Waals surface area contributed by atoms with Crippen molar-refractivity contribution in [1.82, 2.24) is 0 Å². The summed E-state index contributed by atoms with van der Waals surface area (Å²) in [6.45, 7) is 6.37. The minimum absolute atomic E-state index is 0.284. The summed E-state index contributed by atoms with van der Waals surface area (Å²) in [7, 11) is 0. The van der Waals surface area contributed by atoms with Gasteiger partial charge in [-0.15, -0.1) is 0 Å². The van der Waals surface area contributed by atoms with Crippen LogP contribution in [0.25, 0.3) is 0 Å². The van der Waals surface area contributed by atoms with E-state index in [-0.39, 0.29) is 5.92 Å². The number of allylic oxidation sites excluding steroid dienone is 3. The van der Waals surface area contributed by atoms with Gasteiger partial charge >= 0.3 is 0 Å². The van der Waals surface area contributed by atoms with Gasteiger partial charge in [-0.25, -0.2) is 0 Å². The fourth-order valence-corrected chi connectivity index (χ4v) is 2.74. The van der Waals surface area contributed by atoms with Crippen molar-refractivity contribution in [3.63, 3.8) is 0 Å². The molecule has 3 rings (SSSR count). The molecule has 0 saturated heterocycles. The van der Waals surface area contributed by atoms with Crippen LogP contribution in [0.15, 0.2) is 72.5 Å². The summed E-state index contributed by atoms with van der Waals surface area (Å²) in [4.78, 5) is 2.30. The molecule has 120 valence electrons. The zero-order valence-corrected chi connectivity index (χ0v) is 14.6. The molecule has 1 heteroatoms. The molecule has 1 aliphatic rings. The van der Waals surface area contributed by atoms with E-state index in [1.54, 1.807) is 0 Å². The molecule has 1 atom stereocenters. The second-order valence-electron chi connectivity index (χ2n) is 6.31. The molecule has 0 saturated carbocycles. The van der Waals surface area contributed by atoms with Crippen molar-refractivity contribution in [1.29, 1.82) is 0 Å². The molecular weight excluding hydrogens is 290 g/mol. The summed E-state index contributed by atoms with van der Waals surface area (Å²) in [5.74, 6) is 6.76. The van der Waals surface area contributed by atoms with E-state index in [9.17, 15) is 0 Å². The van der Waals surface area contributed by atoms with Gasteiger partial charge in [-0.1, -0.05) is 53.3 Å². The Labute approximate surface area is 145 Å². The molecular formula is C23H23N. The van der Waals surface area contributed by atoms with E-state index < -0.39 is 0 Å². The van der Waals surface area contributed by atoms with Crippen LogP contribution in [0.3, 0.4) is 0 Å². The lowest BCUT2D eigenvalue weighted by molar-refractivity contribution is 0.969. The van der Waals surface area contributed by atoms with Crippen molar-refractivity contribution in [3.05, 3.63) is 83.6 Å². The Hall–Kier alpha value is -2.72. The third kappa shape index (κ3) is 3.78. The zero-order chi connectivity index (χ0) is 16.9. The Balaban J connectivity index is 2.08. The van der Waals surface area contributed by atoms with Crippen LogP contribution in [0.4, 0.5) is 11.4 Å². The first-order valence-corrected chi connectivity index (χ1v) is 8.44. The van der Waals surface area contributed by atoms with Crippen LogP contribution < -0.4 is 4.90 Å². The van der Waals surface area contributed by atoms with Crippen molar-refractivity contribution >= 4 is 11.4 Å². The molecule has 2 aromatic carbocycles. The lowest BCUT2D eigenvalue weighted by Crippen LogP contribution is -2.15. The number of hydrogen-bond donors (Lipinski definition) is 0. The minimum Gasteiger partial charge on any atom is -0.311 e. The van der Waals surface area contributed by atoms with E-state index in [1.165, 1.54) is 28.2 Å². The molecule has 0 aliphatic heterocycles. The minimum atomic E-state index is 0.284. The molecule has 0 N–H and O–H groups in total. The molecule has 0 bridgehead atoms. The third-order valence-corrected chi connectivity index (χ3v) is 4.14. The monoisotopic (exact) mass is 313 g/mol. The van der Waals surface area contributed by atoms with E-state index in [0.717, 1.165) is 6.42 Å². The van der Waals surface area contributed by atoms with Gasteiger partial charge in [0.2, 0.25) is 0 Å². The Morgan fingerprint density at radius 2 is 1.42 bits per heavy atom. The first-order valence-electron chi connectivity index (χ1n) is 8.44. The molecule has 1 nitrogen and oxygen atoms in total. The molecule has 0 fully saturated rings. The lowest BCUT2D eigenvalue weighted by Gasteiger charge is -2.27. The largest absolute Gasteiger partial charge is 0.311 e. The van der Waals surface area contributed by atoms with E-state index in [4.69, 9.17) is 0 Å². The summed E-state index contributed by atoms with van der Waals surface area (Å²) in [5, 5.41) is 0.